The second kappa shape index (κ2) is 5.48. The molecule has 1 amide bonds. The van der Waals surface area contributed by atoms with Gasteiger partial charge in [0.15, 0.2) is 0 Å². The molecule has 0 saturated heterocycles. The predicted molar refractivity (Wildman–Crippen MR) is 67.2 cm³/mol. The Morgan fingerprint density at radius 1 is 1.50 bits per heavy atom. The van der Waals surface area contributed by atoms with E-state index in [0.29, 0.717) is 19.4 Å². The molecule has 2 N–H and O–H groups in total. The summed E-state index contributed by atoms with van der Waals surface area (Å²) in [5.41, 5.74) is 0. The van der Waals surface area contributed by atoms with E-state index in [4.69, 9.17) is 5.11 Å². The molecule has 0 aromatic carbocycles. The molecule has 1 aromatic heterocycles. The van der Waals surface area contributed by atoms with Gasteiger partial charge in [0.1, 0.15) is 5.01 Å². The van der Waals surface area contributed by atoms with Crippen LogP contribution in [0.5, 0.6) is 0 Å². The van der Waals surface area contributed by atoms with Gasteiger partial charge in [0.25, 0.3) is 0 Å². The maximum atomic E-state index is 11.9. The summed E-state index contributed by atoms with van der Waals surface area (Å²) in [6, 6.07) is 0. The molecule has 0 radical (unpaired) electrons. The number of aliphatic carboxylic acids is 1. The van der Waals surface area contributed by atoms with Gasteiger partial charge in [0, 0.05) is 11.1 Å². The Labute approximate surface area is 109 Å². The number of aryl methyl sites for hydroxylation is 1. The van der Waals surface area contributed by atoms with Crippen LogP contribution in [-0.2, 0) is 16.1 Å². The topological polar surface area (TPSA) is 79.3 Å². The number of carboxylic acid groups (broad SMARTS) is 1. The maximum Gasteiger partial charge on any atom is 0.307 e. The van der Waals surface area contributed by atoms with Gasteiger partial charge >= 0.3 is 5.97 Å². The molecule has 2 rings (SSSR count). The molecule has 98 valence electrons. The number of carbonyl (C=O) groups excluding carboxylic acids is 1. The predicted octanol–water partition coefficient (Wildman–Crippen LogP) is 1.57. The molecular weight excluding hydrogens is 252 g/mol. The zero-order valence-corrected chi connectivity index (χ0v) is 11.0. The SMILES string of the molecule is Cc1cnc(CNC(=O)C2CCCC2C(=O)O)s1. The molecular formula is C12H16N2O3S. The fourth-order valence-corrected chi connectivity index (χ4v) is 3.07. The molecule has 18 heavy (non-hydrogen) atoms. The Bertz CT molecular complexity index is 458. The zero-order valence-electron chi connectivity index (χ0n) is 10.2. The summed E-state index contributed by atoms with van der Waals surface area (Å²) >= 11 is 1.54. The molecule has 0 spiro atoms. The van der Waals surface area contributed by atoms with Gasteiger partial charge in [-0.25, -0.2) is 4.98 Å². The third-order valence-electron chi connectivity index (χ3n) is 3.25. The number of nitrogens with zero attached hydrogens (tertiary/aromatic N) is 1. The normalized spacial score (nSPS) is 22.9. The number of aromatic nitrogens is 1. The minimum Gasteiger partial charge on any atom is -0.481 e. The van der Waals surface area contributed by atoms with Crippen LogP contribution in [0.4, 0.5) is 0 Å². The standard InChI is InChI=1S/C12H16N2O3S/c1-7-5-13-10(18-7)6-14-11(15)8-3-2-4-9(8)12(16)17/h5,8-9H,2-4,6H2,1H3,(H,14,15)(H,16,17). The van der Waals surface area contributed by atoms with Crippen LogP contribution in [0.2, 0.25) is 0 Å². The van der Waals surface area contributed by atoms with Gasteiger partial charge in [-0.15, -0.1) is 11.3 Å². The van der Waals surface area contributed by atoms with E-state index in [1.54, 1.807) is 6.20 Å². The lowest BCUT2D eigenvalue weighted by Crippen LogP contribution is -2.34. The summed E-state index contributed by atoms with van der Waals surface area (Å²) < 4.78 is 0. The fraction of sp³-hybridized carbons (Fsp3) is 0.583. The van der Waals surface area contributed by atoms with E-state index in [2.05, 4.69) is 10.3 Å². The van der Waals surface area contributed by atoms with Crippen molar-refractivity contribution in [2.24, 2.45) is 11.8 Å². The molecule has 0 aliphatic heterocycles. The van der Waals surface area contributed by atoms with Crippen LogP contribution in [0.3, 0.4) is 0 Å². The lowest BCUT2D eigenvalue weighted by Gasteiger charge is -2.14. The summed E-state index contributed by atoms with van der Waals surface area (Å²) in [7, 11) is 0. The van der Waals surface area contributed by atoms with Crippen molar-refractivity contribution in [2.75, 3.05) is 0 Å². The first kappa shape index (κ1) is 13.0. The number of rotatable bonds is 4. The smallest absolute Gasteiger partial charge is 0.307 e. The average Bonchev–Trinajstić information content (AvgIpc) is 2.94. The molecule has 1 fully saturated rings. The second-order valence-electron chi connectivity index (χ2n) is 4.56. The molecule has 2 atom stereocenters. The third-order valence-corrected chi connectivity index (χ3v) is 4.17. The molecule has 0 bridgehead atoms. The lowest BCUT2D eigenvalue weighted by molar-refractivity contribution is -0.146. The van der Waals surface area contributed by atoms with E-state index < -0.39 is 11.9 Å². The molecule has 6 heteroatoms. The van der Waals surface area contributed by atoms with Crippen molar-refractivity contribution in [3.05, 3.63) is 16.1 Å². The number of hydrogen-bond donors (Lipinski definition) is 2. The minimum atomic E-state index is -0.863. The highest BCUT2D eigenvalue weighted by Gasteiger charge is 2.37. The van der Waals surface area contributed by atoms with Crippen LogP contribution in [0.1, 0.15) is 29.1 Å². The molecule has 1 aromatic rings. The number of nitrogens with one attached hydrogen (secondary N) is 1. The second-order valence-corrected chi connectivity index (χ2v) is 5.88. The molecule has 5 nitrogen and oxygen atoms in total. The van der Waals surface area contributed by atoms with Gasteiger partial charge in [-0.3, -0.25) is 9.59 Å². The van der Waals surface area contributed by atoms with Crippen LogP contribution < -0.4 is 5.32 Å². The van der Waals surface area contributed by atoms with Crippen molar-refractivity contribution in [2.45, 2.75) is 32.7 Å². The van der Waals surface area contributed by atoms with Gasteiger partial charge in [-0.2, -0.15) is 0 Å². The first-order valence-corrected chi connectivity index (χ1v) is 6.81. The lowest BCUT2D eigenvalue weighted by atomic mass is 9.95. The number of carbonyl (C=O) groups is 2. The summed E-state index contributed by atoms with van der Waals surface area (Å²) in [4.78, 5) is 28.2. The summed E-state index contributed by atoms with van der Waals surface area (Å²) in [6.45, 7) is 2.35. The Balaban J connectivity index is 1.89. The molecule has 1 heterocycles. The van der Waals surface area contributed by atoms with Crippen molar-refractivity contribution >= 4 is 23.2 Å². The Hall–Kier alpha value is -1.43. The van der Waals surface area contributed by atoms with E-state index in [1.807, 2.05) is 6.92 Å². The van der Waals surface area contributed by atoms with Gasteiger partial charge in [0.2, 0.25) is 5.91 Å². The summed E-state index contributed by atoms with van der Waals surface area (Å²) in [5.74, 6) is -1.93. The van der Waals surface area contributed by atoms with Crippen LogP contribution in [0, 0.1) is 18.8 Å². The number of amides is 1. The van der Waals surface area contributed by atoms with Crippen molar-refractivity contribution in [1.82, 2.24) is 10.3 Å². The zero-order chi connectivity index (χ0) is 13.1. The van der Waals surface area contributed by atoms with Gasteiger partial charge in [-0.05, 0) is 19.8 Å². The molecule has 1 saturated carbocycles. The highest BCUT2D eigenvalue weighted by molar-refractivity contribution is 7.11. The van der Waals surface area contributed by atoms with Crippen LogP contribution in [0.25, 0.3) is 0 Å². The van der Waals surface area contributed by atoms with Crippen LogP contribution >= 0.6 is 11.3 Å². The van der Waals surface area contributed by atoms with Crippen LogP contribution in [0.15, 0.2) is 6.20 Å². The average molecular weight is 268 g/mol. The summed E-state index contributed by atoms with van der Waals surface area (Å²) in [5, 5.41) is 12.7. The van der Waals surface area contributed by atoms with E-state index in [1.165, 1.54) is 11.3 Å². The molecule has 2 unspecified atom stereocenters. The monoisotopic (exact) mass is 268 g/mol. The van der Waals surface area contributed by atoms with Gasteiger partial charge in [0.05, 0.1) is 18.4 Å². The van der Waals surface area contributed by atoms with Crippen molar-refractivity contribution in [3.8, 4) is 0 Å². The molecule has 1 aliphatic rings. The minimum absolute atomic E-state index is 0.159. The van der Waals surface area contributed by atoms with E-state index in [-0.39, 0.29) is 11.8 Å². The first-order chi connectivity index (χ1) is 8.58. The fourth-order valence-electron chi connectivity index (χ4n) is 2.35. The maximum absolute atomic E-state index is 11.9. The van der Waals surface area contributed by atoms with Crippen molar-refractivity contribution < 1.29 is 14.7 Å². The van der Waals surface area contributed by atoms with Crippen LogP contribution in [-0.4, -0.2) is 22.0 Å². The first-order valence-electron chi connectivity index (χ1n) is 5.99. The number of hydrogen-bond acceptors (Lipinski definition) is 4. The number of carboxylic acids is 1. The van der Waals surface area contributed by atoms with Gasteiger partial charge in [-0.1, -0.05) is 6.42 Å². The largest absolute Gasteiger partial charge is 0.481 e. The van der Waals surface area contributed by atoms with Crippen molar-refractivity contribution in [1.29, 1.82) is 0 Å². The van der Waals surface area contributed by atoms with E-state index in [0.717, 1.165) is 16.3 Å². The van der Waals surface area contributed by atoms with Crippen molar-refractivity contribution in [3.63, 3.8) is 0 Å². The quantitative estimate of drug-likeness (QED) is 0.868. The highest BCUT2D eigenvalue weighted by Crippen LogP contribution is 2.32. The number of thiazole rings is 1. The Morgan fingerprint density at radius 3 is 2.83 bits per heavy atom. The highest BCUT2D eigenvalue weighted by atomic mass is 32.1. The van der Waals surface area contributed by atoms with E-state index in [9.17, 15) is 9.59 Å². The Morgan fingerprint density at radius 2 is 2.22 bits per heavy atom. The van der Waals surface area contributed by atoms with E-state index >= 15 is 0 Å². The Kier molecular flexibility index (Phi) is 3.96. The van der Waals surface area contributed by atoms with Gasteiger partial charge < -0.3 is 10.4 Å². The molecule has 1 aliphatic carbocycles. The third kappa shape index (κ3) is 2.87. The summed E-state index contributed by atoms with van der Waals surface area (Å²) in [6.07, 6.45) is 3.84.